The van der Waals surface area contributed by atoms with E-state index in [0.717, 1.165) is 70.5 Å². The van der Waals surface area contributed by atoms with Crippen molar-refractivity contribution in [3.8, 4) is 0 Å². The van der Waals surface area contributed by atoms with Gasteiger partial charge >= 0.3 is 0 Å². The van der Waals surface area contributed by atoms with Crippen LogP contribution >= 0.6 is 0 Å². The van der Waals surface area contributed by atoms with Gasteiger partial charge in [0.05, 0.1) is 0 Å². The van der Waals surface area contributed by atoms with Gasteiger partial charge in [-0.25, -0.2) is 4.39 Å². The van der Waals surface area contributed by atoms with Gasteiger partial charge in [0.2, 0.25) is 0 Å². The van der Waals surface area contributed by atoms with Crippen LogP contribution in [-0.2, 0) is 16.1 Å². The molecule has 3 saturated heterocycles. The van der Waals surface area contributed by atoms with Crippen molar-refractivity contribution in [3.05, 3.63) is 35.6 Å². The van der Waals surface area contributed by atoms with Crippen LogP contribution in [-0.4, -0.2) is 53.6 Å². The van der Waals surface area contributed by atoms with Crippen LogP contribution in [0.1, 0.15) is 50.5 Å². The second-order valence-electron chi connectivity index (χ2n) is 8.06. The van der Waals surface area contributed by atoms with Crippen LogP contribution in [0.3, 0.4) is 0 Å². The number of rotatable bonds is 3. The monoisotopic (exact) mass is 360 g/mol. The summed E-state index contributed by atoms with van der Waals surface area (Å²) >= 11 is 0. The smallest absolute Gasteiger partial charge is 0.251 e. The topological polar surface area (TPSA) is 32.8 Å². The highest BCUT2D eigenvalue weighted by Gasteiger charge is 2.42. The Bertz CT molecular complexity index is 647. The zero-order chi connectivity index (χ0) is 18.0. The van der Waals surface area contributed by atoms with Gasteiger partial charge in [-0.3, -0.25) is 9.69 Å². The second kappa shape index (κ2) is 7.65. The molecule has 4 rings (SSSR count). The standard InChI is InChI=1S/C21H29FN2O2/c22-18-6-1-5-17(15-18)16-24-12-4-9-21(24)8-3-11-23(13-10-21)20(25)19-7-2-14-26-19/h1,5-6,15,19H,2-4,7-14,16H2/t19-,21?/m1/s1. The zero-order valence-corrected chi connectivity index (χ0v) is 15.5. The van der Waals surface area contributed by atoms with E-state index < -0.39 is 0 Å². The van der Waals surface area contributed by atoms with E-state index in [9.17, 15) is 9.18 Å². The van der Waals surface area contributed by atoms with Crippen molar-refractivity contribution in [2.75, 3.05) is 26.2 Å². The van der Waals surface area contributed by atoms with E-state index >= 15 is 0 Å². The van der Waals surface area contributed by atoms with Crippen molar-refractivity contribution >= 4 is 5.91 Å². The average Bonchev–Trinajstić information content (AvgIpc) is 3.23. The Labute approximate surface area is 155 Å². The maximum absolute atomic E-state index is 13.6. The molecule has 1 amide bonds. The van der Waals surface area contributed by atoms with Crippen molar-refractivity contribution < 1.29 is 13.9 Å². The summed E-state index contributed by atoms with van der Waals surface area (Å²) in [5.41, 5.74) is 1.21. The largest absolute Gasteiger partial charge is 0.368 e. The number of halogens is 1. The summed E-state index contributed by atoms with van der Waals surface area (Å²) < 4.78 is 19.2. The number of nitrogens with zero attached hydrogens (tertiary/aromatic N) is 2. The van der Waals surface area contributed by atoms with Gasteiger partial charge in [-0.2, -0.15) is 0 Å². The number of likely N-dealkylation sites (tertiary alicyclic amines) is 2. The Hall–Kier alpha value is -1.46. The van der Waals surface area contributed by atoms with E-state index in [1.807, 2.05) is 11.0 Å². The normalized spacial score (nSPS) is 30.0. The molecule has 0 saturated carbocycles. The van der Waals surface area contributed by atoms with E-state index in [1.165, 1.54) is 18.9 Å². The number of carbonyl (C=O) groups is 1. The SMILES string of the molecule is O=C([C@H]1CCCO1)N1CCCC2(CCCN2Cc2cccc(F)c2)CC1. The van der Waals surface area contributed by atoms with Gasteiger partial charge in [-0.1, -0.05) is 12.1 Å². The predicted octanol–water partition coefficient (Wildman–Crippen LogP) is 3.35. The van der Waals surface area contributed by atoms with Crippen molar-refractivity contribution in [1.82, 2.24) is 9.80 Å². The van der Waals surface area contributed by atoms with Gasteiger partial charge in [0.1, 0.15) is 11.9 Å². The van der Waals surface area contributed by atoms with Crippen molar-refractivity contribution in [2.24, 2.45) is 0 Å². The lowest BCUT2D eigenvalue weighted by Crippen LogP contribution is -2.45. The van der Waals surface area contributed by atoms with Crippen molar-refractivity contribution in [3.63, 3.8) is 0 Å². The minimum Gasteiger partial charge on any atom is -0.368 e. The summed E-state index contributed by atoms with van der Waals surface area (Å²) in [5, 5.41) is 0. The fraction of sp³-hybridized carbons (Fsp3) is 0.667. The maximum Gasteiger partial charge on any atom is 0.251 e. The summed E-state index contributed by atoms with van der Waals surface area (Å²) in [6, 6.07) is 6.96. The maximum atomic E-state index is 13.6. The third kappa shape index (κ3) is 3.65. The highest BCUT2D eigenvalue weighted by atomic mass is 19.1. The molecule has 3 heterocycles. The van der Waals surface area contributed by atoms with E-state index in [0.29, 0.717) is 0 Å². The van der Waals surface area contributed by atoms with Crippen LogP contribution in [0.15, 0.2) is 24.3 Å². The van der Waals surface area contributed by atoms with Crippen molar-refractivity contribution in [2.45, 2.75) is 63.1 Å². The molecule has 0 bridgehead atoms. The molecule has 1 spiro atoms. The van der Waals surface area contributed by atoms with Gasteiger partial charge in [0.15, 0.2) is 0 Å². The Balaban J connectivity index is 1.43. The van der Waals surface area contributed by atoms with E-state index in [-0.39, 0.29) is 23.4 Å². The summed E-state index contributed by atoms with van der Waals surface area (Å²) in [4.78, 5) is 17.3. The fourth-order valence-corrected chi connectivity index (χ4v) is 5.04. The number of carbonyl (C=O) groups excluding carboxylic acids is 1. The first-order valence-corrected chi connectivity index (χ1v) is 10.1. The van der Waals surface area contributed by atoms with E-state index in [1.54, 1.807) is 12.1 Å². The van der Waals surface area contributed by atoms with Crippen LogP contribution in [0, 0.1) is 5.82 Å². The Kier molecular flexibility index (Phi) is 5.28. The molecule has 0 aliphatic carbocycles. The quantitative estimate of drug-likeness (QED) is 0.829. The minimum absolute atomic E-state index is 0.162. The minimum atomic E-state index is -0.212. The average molecular weight is 360 g/mol. The zero-order valence-electron chi connectivity index (χ0n) is 15.5. The number of hydrogen-bond donors (Lipinski definition) is 0. The summed E-state index contributed by atoms with van der Waals surface area (Å²) in [6.45, 7) is 4.25. The van der Waals surface area contributed by atoms with E-state index in [2.05, 4.69) is 4.90 Å². The fourth-order valence-electron chi connectivity index (χ4n) is 5.04. The summed E-state index contributed by atoms with van der Waals surface area (Å²) in [7, 11) is 0. The highest BCUT2D eigenvalue weighted by molar-refractivity contribution is 5.81. The molecule has 1 aromatic rings. The number of benzene rings is 1. The highest BCUT2D eigenvalue weighted by Crippen LogP contribution is 2.39. The van der Waals surface area contributed by atoms with Crippen LogP contribution in [0.2, 0.25) is 0 Å². The first kappa shape index (κ1) is 17.9. The van der Waals surface area contributed by atoms with Gasteiger partial charge < -0.3 is 9.64 Å². The molecule has 2 atom stereocenters. The molecule has 1 unspecified atom stereocenters. The predicted molar refractivity (Wildman–Crippen MR) is 98.2 cm³/mol. The van der Waals surface area contributed by atoms with Crippen molar-refractivity contribution in [1.29, 1.82) is 0 Å². The third-order valence-electron chi connectivity index (χ3n) is 6.44. The lowest BCUT2D eigenvalue weighted by atomic mass is 9.87. The van der Waals surface area contributed by atoms with Crippen LogP contribution < -0.4 is 0 Å². The number of ether oxygens (including phenoxy) is 1. The van der Waals surface area contributed by atoms with Gasteiger partial charge in [-0.15, -0.1) is 0 Å². The van der Waals surface area contributed by atoms with Gasteiger partial charge in [-0.05, 0) is 69.2 Å². The van der Waals surface area contributed by atoms with Crippen LogP contribution in [0.25, 0.3) is 0 Å². The molecule has 26 heavy (non-hydrogen) atoms. The molecule has 0 N–H and O–H groups in total. The molecule has 3 aliphatic heterocycles. The molecule has 0 aromatic heterocycles. The summed E-state index contributed by atoms with van der Waals surface area (Å²) in [6.07, 6.45) is 7.20. The lowest BCUT2D eigenvalue weighted by Gasteiger charge is -2.38. The molecule has 0 radical (unpaired) electrons. The first-order valence-electron chi connectivity index (χ1n) is 10.1. The Morgan fingerprint density at radius 1 is 1.15 bits per heavy atom. The van der Waals surface area contributed by atoms with Gasteiger partial charge in [0, 0.05) is 31.8 Å². The first-order chi connectivity index (χ1) is 12.7. The molecule has 4 nitrogen and oxygen atoms in total. The molecule has 3 fully saturated rings. The Morgan fingerprint density at radius 2 is 2.00 bits per heavy atom. The molecule has 142 valence electrons. The van der Waals surface area contributed by atoms with Gasteiger partial charge in [0.25, 0.3) is 5.91 Å². The third-order valence-corrected chi connectivity index (χ3v) is 6.44. The summed E-state index contributed by atoms with van der Waals surface area (Å²) in [5.74, 6) is 0.0270. The van der Waals surface area contributed by atoms with E-state index in [4.69, 9.17) is 4.74 Å². The Morgan fingerprint density at radius 3 is 2.77 bits per heavy atom. The van der Waals surface area contributed by atoms with Crippen LogP contribution in [0.4, 0.5) is 4.39 Å². The number of amides is 1. The molecular weight excluding hydrogens is 331 g/mol. The molecular formula is C21H29FN2O2. The number of hydrogen-bond acceptors (Lipinski definition) is 3. The molecule has 1 aromatic carbocycles. The van der Waals surface area contributed by atoms with Crippen LogP contribution in [0.5, 0.6) is 0 Å². The second-order valence-corrected chi connectivity index (χ2v) is 8.06. The molecule has 5 heteroatoms. The molecule has 3 aliphatic rings. The lowest BCUT2D eigenvalue weighted by molar-refractivity contribution is -0.140.